The summed E-state index contributed by atoms with van der Waals surface area (Å²) in [6.45, 7) is 0.622. The van der Waals surface area contributed by atoms with Gasteiger partial charge in [0.25, 0.3) is 5.91 Å². The number of halogens is 1. The fourth-order valence-electron chi connectivity index (χ4n) is 2.34. The topological polar surface area (TPSA) is 62.2 Å². The van der Waals surface area contributed by atoms with Crippen LogP contribution in [0.2, 0.25) is 0 Å². The molecule has 1 aliphatic carbocycles. The number of hydrogen-bond acceptors (Lipinski definition) is 3. The van der Waals surface area contributed by atoms with Gasteiger partial charge in [-0.15, -0.1) is 0 Å². The standard InChI is InChI=1S/C13H17BrN2O2/c14-12-11(5-2-6-15-12)13(18)16-8-9-3-1-4-10(17)7-9/h2,5-6,9-10,17H,1,3-4,7-8H2,(H,16,18). The molecule has 1 fully saturated rings. The molecule has 0 aliphatic heterocycles. The molecule has 1 amide bonds. The number of nitrogens with zero attached hydrogens (tertiary/aromatic N) is 1. The van der Waals surface area contributed by atoms with Crippen LogP contribution in [0.5, 0.6) is 0 Å². The number of carbonyl (C=O) groups excluding carboxylic acids is 1. The number of aromatic nitrogens is 1. The largest absolute Gasteiger partial charge is 0.393 e. The fourth-order valence-corrected chi connectivity index (χ4v) is 2.77. The molecule has 18 heavy (non-hydrogen) atoms. The number of pyridine rings is 1. The van der Waals surface area contributed by atoms with Crippen LogP contribution in [-0.4, -0.2) is 28.6 Å². The van der Waals surface area contributed by atoms with Gasteiger partial charge in [-0.25, -0.2) is 4.98 Å². The average Bonchev–Trinajstić information content (AvgIpc) is 2.37. The van der Waals surface area contributed by atoms with Crippen LogP contribution in [0.3, 0.4) is 0 Å². The number of aliphatic hydroxyl groups excluding tert-OH is 1. The summed E-state index contributed by atoms with van der Waals surface area (Å²) in [5, 5.41) is 12.5. The molecule has 2 unspecified atom stereocenters. The fraction of sp³-hybridized carbons (Fsp3) is 0.538. The van der Waals surface area contributed by atoms with Gasteiger partial charge in [-0.05, 0) is 53.2 Å². The van der Waals surface area contributed by atoms with E-state index in [1.165, 1.54) is 0 Å². The van der Waals surface area contributed by atoms with Gasteiger partial charge in [0, 0.05) is 12.7 Å². The normalized spacial score (nSPS) is 23.7. The Morgan fingerprint density at radius 3 is 3.11 bits per heavy atom. The lowest BCUT2D eigenvalue weighted by molar-refractivity contribution is 0.0873. The third kappa shape index (κ3) is 3.53. The Hall–Kier alpha value is -0.940. The van der Waals surface area contributed by atoms with E-state index >= 15 is 0 Å². The Labute approximate surface area is 115 Å². The molecule has 2 rings (SSSR count). The van der Waals surface area contributed by atoms with Gasteiger partial charge in [-0.3, -0.25) is 4.79 Å². The van der Waals surface area contributed by atoms with E-state index in [2.05, 4.69) is 26.2 Å². The maximum absolute atomic E-state index is 11.9. The summed E-state index contributed by atoms with van der Waals surface area (Å²) in [5.41, 5.74) is 0.550. The molecule has 1 heterocycles. The first-order valence-corrected chi connectivity index (χ1v) is 7.03. The summed E-state index contributed by atoms with van der Waals surface area (Å²) in [7, 11) is 0. The Bertz CT molecular complexity index is 425. The van der Waals surface area contributed by atoms with Gasteiger partial charge in [-0.1, -0.05) is 6.42 Å². The van der Waals surface area contributed by atoms with Crippen LogP contribution in [0, 0.1) is 5.92 Å². The highest BCUT2D eigenvalue weighted by Gasteiger charge is 2.21. The van der Waals surface area contributed by atoms with Crippen LogP contribution < -0.4 is 5.32 Å². The van der Waals surface area contributed by atoms with E-state index in [1.807, 2.05) is 0 Å². The minimum absolute atomic E-state index is 0.116. The van der Waals surface area contributed by atoms with Crippen molar-refractivity contribution >= 4 is 21.8 Å². The highest BCUT2D eigenvalue weighted by molar-refractivity contribution is 9.10. The lowest BCUT2D eigenvalue weighted by Crippen LogP contribution is -2.33. The molecule has 1 aromatic heterocycles. The number of amides is 1. The van der Waals surface area contributed by atoms with Gasteiger partial charge in [0.1, 0.15) is 4.60 Å². The van der Waals surface area contributed by atoms with Gasteiger partial charge >= 0.3 is 0 Å². The highest BCUT2D eigenvalue weighted by atomic mass is 79.9. The molecule has 0 spiro atoms. The van der Waals surface area contributed by atoms with Crippen molar-refractivity contribution < 1.29 is 9.90 Å². The van der Waals surface area contributed by atoms with Crippen molar-refractivity contribution in [1.82, 2.24) is 10.3 Å². The number of hydrogen-bond donors (Lipinski definition) is 2. The van der Waals surface area contributed by atoms with E-state index in [0.29, 0.717) is 22.6 Å². The first kappa shape index (κ1) is 13.5. The Morgan fingerprint density at radius 2 is 2.39 bits per heavy atom. The van der Waals surface area contributed by atoms with Gasteiger partial charge in [0.05, 0.1) is 11.7 Å². The van der Waals surface area contributed by atoms with Crippen LogP contribution in [0.25, 0.3) is 0 Å². The van der Waals surface area contributed by atoms with E-state index in [4.69, 9.17) is 0 Å². The van der Waals surface area contributed by atoms with Crippen molar-refractivity contribution in [1.29, 1.82) is 0 Å². The maximum Gasteiger partial charge on any atom is 0.254 e. The van der Waals surface area contributed by atoms with Crippen LogP contribution in [-0.2, 0) is 0 Å². The smallest absolute Gasteiger partial charge is 0.254 e. The van der Waals surface area contributed by atoms with Crippen LogP contribution in [0.15, 0.2) is 22.9 Å². The number of carbonyl (C=O) groups is 1. The molecule has 1 aliphatic rings. The van der Waals surface area contributed by atoms with Crippen molar-refractivity contribution in [2.75, 3.05) is 6.54 Å². The summed E-state index contributed by atoms with van der Waals surface area (Å²) in [5.74, 6) is 0.267. The molecular formula is C13H17BrN2O2. The third-order valence-electron chi connectivity index (χ3n) is 3.31. The molecule has 98 valence electrons. The van der Waals surface area contributed by atoms with Gasteiger partial charge in [0.2, 0.25) is 0 Å². The summed E-state index contributed by atoms with van der Waals surface area (Å²) in [6, 6.07) is 3.48. The summed E-state index contributed by atoms with van der Waals surface area (Å²) < 4.78 is 0.561. The average molecular weight is 313 g/mol. The van der Waals surface area contributed by atoms with Gasteiger partial charge in [-0.2, -0.15) is 0 Å². The van der Waals surface area contributed by atoms with Gasteiger partial charge < -0.3 is 10.4 Å². The third-order valence-corrected chi connectivity index (χ3v) is 3.94. The monoisotopic (exact) mass is 312 g/mol. The van der Waals surface area contributed by atoms with Crippen LogP contribution in [0.1, 0.15) is 36.0 Å². The Kier molecular flexibility index (Phi) is 4.72. The van der Waals surface area contributed by atoms with Crippen molar-refractivity contribution in [3.63, 3.8) is 0 Å². The maximum atomic E-state index is 11.9. The van der Waals surface area contributed by atoms with E-state index in [1.54, 1.807) is 18.3 Å². The first-order valence-electron chi connectivity index (χ1n) is 6.23. The first-order chi connectivity index (χ1) is 8.66. The van der Waals surface area contributed by atoms with Crippen molar-refractivity contribution in [2.45, 2.75) is 31.8 Å². The molecular weight excluding hydrogens is 296 g/mol. The molecule has 0 saturated heterocycles. The van der Waals surface area contributed by atoms with E-state index in [0.717, 1.165) is 25.7 Å². The number of rotatable bonds is 3. The molecule has 2 atom stereocenters. The zero-order chi connectivity index (χ0) is 13.0. The van der Waals surface area contributed by atoms with E-state index < -0.39 is 0 Å². The zero-order valence-corrected chi connectivity index (χ0v) is 11.7. The Balaban J connectivity index is 1.87. The summed E-state index contributed by atoms with van der Waals surface area (Å²) in [4.78, 5) is 16.0. The quantitative estimate of drug-likeness (QED) is 0.840. The molecule has 1 saturated carbocycles. The van der Waals surface area contributed by atoms with Crippen LogP contribution in [0.4, 0.5) is 0 Å². The molecule has 4 nitrogen and oxygen atoms in total. The molecule has 0 radical (unpaired) electrons. The second-order valence-corrected chi connectivity index (χ2v) is 5.49. The summed E-state index contributed by atoms with van der Waals surface area (Å²) in [6.07, 6.45) is 5.22. The molecule has 0 aromatic carbocycles. The van der Waals surface area contributed by atoms with Crippen LogP contribution >= 0.6 is 15.9 Å². The summed E-state index contributed by atoms with van der Waals surface area (Å²) >= 11 is 3.26. The van der Waals surface area contributed by atoms with Gasteiger partial charge in [0.15, 0.2) is 0 Å². The molecule has 5 heteroatoms. The SMILES string of the molecule is O=C(NCC1CCCC(O)C1)c1cccnc1Br. The van der Waals surface area contributed by atoms with Crippen molar-refractivity contribution in [3.05, 3.63) is 28.5 Å². The molecule has 2 N–H and O–H groups in total. The molecule has 1 aromatic rings. The predicted molar refractivity (Wildman–Crippen MR) is 72.2 cm³/mol. The van der Waals surface area contributed by atoms with Crippen molar-refractivity contribution in [3.8, 4) is 0 Å². The van der Waals surface area contributed by atoms with E-state index in [-0.39, 0.29) is 12.0 Å². The lowest BCUT2D eigenvalue weighted by atomic mass is 9.87. The second kappa shape index (κ2) is 6.29. The number of nitrogens with one attached hydrogen (secondary N) is 1. The van der Waals surface area contributed by atoms with Crippen molar-refractivity contribution in [2.24, 2.45) is 5.92 Å². The van der Waals surface area contributed by atoms with E-state index in [9.17, 15) is 9.90 Å². The highest BCUT2D eigenvalue weighted by Crippen LogP contribution is 2.23. The zero-order valence-electron chi connectivity index (χ0n) is 10.1. The molecule has 0 bridgehead atoms. The minimum atomic E-state index is -0.203. The Morgan fingerprint density at radius 1 is 1.56 bits per heavy atom. The lowest BCUT2D eigenvalue weighted by Gasteiger charge is -2.25. The number of aliphatic hydroxyl groups is 1. The minimum Gasteiger partial charge on any atom is -0.393 e. The predicted octanol–water partition coefficient (Wildman–Crippen LogP) is 2.12. The second-order valence-electron chi connectivity index (χ2n) is 4.74.